The molecule has 2 nitrogen and oxygen atoms in total. The van der Waals surface area contributed by atoms with Crippen LogP contribution in [0.25, 0.3) is 0 Å². The topological polar surface area (TPSA) is 18.5 Å². The molecule has 0 unspecified atom stereocenters. The average Bonchev–Trinajstić information content (AvgIpc) is 2.03. The van der Waals surface area contributed by atoms with Crippen LogP contribution in [0.4, 0.5) is 0 Å². The second-order valence-electron chi connectivity index (χ2n) is 8.34. The van der Waals surface area contributed by atoms with Crippen molar-refractivity contribution in [2.75, 3.05) is 0 Å². The van der Waals surface area contributed by atoms with Gasteiger partial charge in [-0.15, -0.1) is 0 Å². The minimum atomic E-state index is -1.55. The number of hydrogen-bond donors (Lipinski definition) is 0. The molecule has 0 spiro atoms. The first-order valence-electron chi connectivity index (χ1n) is 6.91. The maximum absolute atomic E-state index is 6.29. The summed E-state index contributed by atoms with van der Waals surface area (Å²) in [5.41, 5.74) is 0.265. The molecule has 0 saturated heterocycles. The van der Waals surface area contributed by atoms with Crippen molar-refractivity contribution in [3.05, 3.63) is 11.5 Å². The van der Waals surface area contributed by atoms with E-state index in [0.717, 1.165) is 17.9 Å². The first-order chi connectivity index (χ1) is 7.80. The molecular weight excluding hydrogens is 256 g/mol. The highest BCUT2D eigenvalue weighted by Crippen LogP contribution is 2.48. The van der Waals surface area contributed by atoms with Gasteiger partial charge >= 0.3 is 0 Å². The second kappa shape index (κ2) is 4.71. The highest BCUT2D eigenvalue weighted by Gasteiger charge is 2.43. The fourth-order valence-corrected chi connectivity index (χ4v) is 3.90. The smallest absolute Gasteiger partial charge is 0.241 e. The first kappa shape index (κ1) is 15.8. The van der Waals surface area contributed by atoms with Crippen LogP contribution in [0.15, 0.2) is 11.5 Å². The summed E-state index contributed by atoms with van der Waals surface area (Å²) in [6, 6.07) is 0. The van der Waals surface area contributed by atoms with E-state index < -0.39 is 16.6 Å². The Bertz CT molecular complexity index is 340. The molecule has 0 aromatic heterocycles. The van der Waals surface area contributed by atoms with E-state index in [0.29, 0.717) is 5.92 Å². The maximum Gasteiger partial charge on any atom is 0.241 e. The summed E-state index contributed by atoms with van der Waals surface area (Å²) in [5, 5.41) is 0. The third kappa shape index (κ3) is 4.46. The minimum absolute atomic E-state index is 0.265. The Morgan fingerprint density at radius 1 is 0.889 bits per heavy atom. The van der Waals surface area contributed by atoms with E-state index in [1.54, 1.807) is 0 Å². The molecule has 0 saturated carbocycles. The van der Waals surface area contributed by atoms with Gasteiger partial charge in [-0.25, -0.2) is 0 Å². The Hall–Kier alpha value is -0.226. The van der Waals surface area contributed by atoms with Crippen LogP contribution in [0.1, 0.15) is 27.2 Å². The summed E-state index contributed by atoms with van der Waals surface area (Å²) in [7, 11) is -3.07. The maximum atomic E-state index is 6.29. The van der Waals surface area contributed by atoms with E-state index >= 15 is 0 Å². The predicted molar refractivity (Wildman–Crippen MR) is 83.5 cm³/mol. The van der Waals surface area contributed by atoms with Crippen LogP contribution in [-0.4, -0.2) is 16.6 Å². The number of allylic oxidation sites excluding steroid dienone is 2. The van der Waals surface area contributed by atoms with Crippen molar-refractivity contribution < 1.29 is 8.85 Å². The van der Waals surface area contributed by atoms with Gasteiger partial charge in [0.05, 0.1) is 0 Å². The molecule has 0 bridgehead atoms. The van der Waals surface area contributed by atoms with Gasteiger partial charge in [-0.3, -0.25) is 0 Å². The molecule has 0 radical (unpaired) electrons. The average molecular weight is 287 g/mol. The van der Waals surface area contributed by atoms with Gasteiger partial charge in [0.15, 0.2) is 0 Å². The lowest BCUT2D eigenvalue weighted by Crippen LogP contribution is -2.40. The zero-order chi connectivity index (χ0) is 14.4. The third-order valence-electron chi connectivity index (χ3n) is 2.87. The van der Waals surface area contributed by atoms with Crippen LogP contribution in [0.3, 0.4) is 0 Å². The summed E-state index contributed by atoms with van der Waals surface area (Å²) in [6.07, 6.45) is 1.05. The van der Waals surface area contributed by atoms with Crippen molar-refractivity contribution in [1.82, 2.24) is 0 Å². The van der Waals surface area contributed by atoms with Crippen molar-refractivity contribution in [2.24, 2.45) is 11.3 Å². The van der Waals surface area contributed by atoms with Crippen LogP contribution >= 0.6 is 0 Å². The van der Waals surface area contributed by atoms with Crippen LogP contribution < -0.4 is 0 Å². The second-order valence-corrected chi connectivity index (χ2v) is 17.2. The van der Waals surface area contributed by atoms with E-state index in [4.69, 9.17) is 8.85 Å². The molecule has 106 valence electrons. The van der Waals surface area contributed by atoms with Gasteiger partial charge in [-0.1, -0.05) is 20.8 Å². The van der Waals surface area contributed by atoms with Crippen LogP contribution in [0, 0.1) is 11.3 Å². The molecule has 4 heteroatoms. The molecule has 0 fully saturated rings. The van der Waals surface area contributed by atoms with Crippen molar-refractivity contribution in [3.8, 4) is 0 Å². The lowest BCUT2D eigenvalue weighted by molar-refractivity contribution is 0.127. The Morgan fingerprint density at radius 2 is 1.33 bits per heavy atom. The SMILES string of the molecule is CC(C)(C)[C@H]1CC(O[Si](C)(C)C)=C1O[Si](C)(C)C. The summed E-state index contributed by atoms with van der Waals surface area (Å²) in [6.45, 7) is 20.3. The number of hydrogen-bond acceptors (Lipinski definition) is 2. The first-order valence-corrected chi connectivity index (χ1v) is 13.7. The number of rotatable bonds is 4. The van der Waals surface area contributed by atoms with Gasteiger partial charge in [0.1, 0.15) is 11.5 Å². The van der Waals surface area contributed by atoms with Gasteiger partial charge in [-0.05, 0) is 44.7 Å². The Morgan fingerprint density at radius 3 is 1.67 bits per heavy atom. The Kier molecular flexibility index (Phi) is 4.14. The van der Waals surface area contributed by atoms with Crippen LogP contribution in [-0.2, 0) is 8.85 Å². The molecule has 0 heterocycles. The molecule has 0 aliphatic heterocycles. The van der Waals surface area contributed by atoms with E-state index in [1.165, 1.54) is 0 Å². The standard InChI is InChI=1S/C14H30O2Si2/c1-14(2,3)11-10-12(15-17(4,5)6)13(11)16-18(7,8)9/h11H,10H2,1-9H3/t11-/m0/s1. The van der Waals surface area contributed by atoms with Gasteiger partial charge < -0.3 is 8.85 Å². The zero-order valence-electron chi connectivity index (χ0n) is 13.6. The molecule has 0 aromatic rings. The molecule has 0 amide bonds. The summed E-state index contributed by atoms with van der Waals surface area (Å²) < 4.78 is 12.5. The predicted octanol–water partition coefficient (Wildman–Crippen LogP) is 4.97. The summed E-state index contributed by atoms with van der Waals surface area (Å²) in [5.74, 6) is 2.82. The van der Waals surface area contributed by atoms with Crippen LogP contribution in [0.5, 0.6) is 0 Å². The quantitative estimate of drug-likeness (QED) is 0.680. The molecule has 1 aliphatic carbocycles. The monoisotopic (exact) mass is 286 g/mol. The highest BCUT2D eigenvalue weighted by atomic mass is 28.4. The van der Waals surface area contributed by atoms with Crippen LogP contribution in [0.2, 0.25) is 39.3 Å². The van der Waals surface area contributed by atoms with Crippen molar-refractivity contribution in [1.29, 1.82) is 0 Å². The molecule has 0 N–H and O–H groups in total. The fraction of sp³-hybridized carbons (Fsp3) is 0.857. The third-order valence-corrected chi connectivity index (χ3v) is 4.56. The Balaban J connectivity index is 2.93. The van der Waals surface area contributed by atoms with E-state index in [9.17, 15) is 0 Å². The largest absolute Gasteiger partial charge is 0.545 e. The normalized spacial score (nSPS) is 21.7. The minimum Gasteiger partial charge on any atom is -0.545 e. The van der Waals surface area contributed by atoms with Gasteiger partial charge in [0.25, 0.3) is 0 Å². The van der Waals surface area contributed by atoms with Crippen molar-refractivity contribution in [3.63, 3.8) is 0 Å². The molecular formula is C14H30O2Si2. The van der Waals surface area contributed by atoms with Crippen molar-refractivity contribution >= 4 is 16.6 Å². The molecule has 1 aliphatic rings. The Labute approximate surface area is 115 Å². The lowest BCUT2D eigenvalue weighted by Gasteiger charge is -2.44. The molecule has 18 heavy (non-hydrogen) atoms. The molecule has 1 rings (SSSR count). The summed E-state index contributed by atoms with van der Waals surface area (Å²) >= 11 is 0. The lowest BCUT2D eigenvalue weighted by atomic mass is 9.71. The van der Waals surface area contributed by atoms with Gasteiger partial charge in [0, 0.05) is 12.3 Å². The molecule has 0 aromatic carbocycles. The summed E-state index contributed by atoms with van der Waals surface area (Å²) in [4.78, 5) is 0. The highest BCUT2D eigenvalue weighted by molar-refractivity contribution is 6.70. The van der Waals surface area contributed by atoms with E-state index in [2.05, 4.69) is 60.1 Å². The van der Waals surface area contributed by atoms with E-state index in [1.807, 2.05) is 0 Å². The molecule has 1 atom stereocenters. The van der Waals surface area contributed by atoms with Gasteiger partial charge in [-0.2, -0.15) is 0 Å². The van der Waals surface area contributed by atoms with Crippen molar-refractivity contribution in [2.45, 2.75) is 66.5 Å². The zero-order valence-corrected chi connectivity index (χ0v) is 15.6. The fourth-order valence-electron chi connectivity index (χ4n) is 2.06. The van der Waals surface area contributed by atoms with Gasteiger partial charge in [0.2, 0.25) is 16.6 Å². The van der Waals surface area contributed by atoms with E-state index in [-0.39, 0.29) is 5.41 Å².